The van der Waals surface area contributed by atoms with Crippen LogP contribution >= 0.6 is 0 Å². The summed E-state index contributed by atoms with van der Waals surface area (Å²) < 4.78 is 0. The number of hydrogen-bond acceptors (Lipinski definition) is 2. The Kier molecular flexibility index (Phi) is 4.66. The van der Waals surface area contributed by atoms with E-state index < -0.39 is 0 Å². The predicted octanol–water partition coefficient (Wildman–Crippen LogP) is 2.80. The van der Waals surface area contributed by atoms with Crippen LogP contribution in [0.25, 0.3) is 0 Å². The SMILES string of the molecule is CCN(CCC1CCCC1O)C1CCCC1. The first-order chi connectivity index (χ1) is 7.81. The average molecular weight is 225 g/mol. The Morgan fingerprint density at radius 3 is 2.38 bits per heavy atom. The van der Waals surface area contributed by atoms with Gasteiger partial charge in [-0.25, -0.2) is 0 Å². The molecule has 2 heteroatoms. The van der Waals surface area contributed by atoms with Crippen LogP contribution in [0.1, 0.15) is 58.3 Å². The molecule has 0 aromatic rings. The Labute approximate surface area is 100 Å². The van der Waals surface area contributed by atoms with Gasteiger partial charge in [0, 0.05) is 6.04 Å². The van der Waals surface area contributed by atoms with Crippen molar-refractivity contribution in [2.24, 2.45) is 5.92 Å². The topological polar surface area (TPSA) is 23.5 Å². The molecule has 2 saturated carbocycles. The van der Waals surface area contributed by atoms with E-state index in [4.69, 9.17) is 0 Å². The van der Waals surface area contributed by atoms with Gasteiger partial charge in [-0.1, -0.05) is 26.2 Å². The lowest BCUT2D eigenvalue weighted by atomic mass is 10.0. The molecule has 0 aromatic carbocycles. The molecule has 0 saturated heterocycles. The van der Waals surface area contributed by atoms with E-state index in [1.54, 1.807) is 0 Å². The van der Waals surface area contributed by atoms with Crippen LogP contribution in [-0.2, 0) is 0 Å². The summed E-state index contributed by atoms with van der Waals surface area (Å²) in [6.07, 6.45) is 10.4. The van der Waals surface area contributed by atoms with Crippen molar-refractivity contribution in [1.29, 1.82) is 0 Å². The molecule has 0 heterocycles. The van der Waals surface area contributed by atoms with Gasteiger partial charge >= 0.3 is 0 Å². The first kappa shape index (κ1) is 12.4. The van der Waals surface area contributed by atoms with Gasteiger partial charge in [-0.3, -0.25) is 0 Å². The van der Waals surface area contributed by atoms with E-state index in [-0.39, 0.29) is 6.10 Å². The maximum atomic E-state index is 9.82. The summed E-state index contributed by atoms with van der Waals surface area (Å²) in [4.78, 5) is 2.65. The minimum absolute atomic E-state index is 0.00211. The first-order valence-corrected chi connectivity index (χ1v) is 7.23. The van der Waals surface area contributed by atoms with E-state index in [1.807, 2.05) is 0 Å². The summed E-state index contributed by atoms with van der Waals surface area (Å²) in [5.74, 6) is 0.593. The molecule has 0 aliphatic heterocycles. The maximum Gasteiger partial charge on any atom is 0.0568 e. The fourth-order valence-corrected chi connectivity index (χ4v) is 3.55. The highest BCUT2D eigenvalue weighted by atomic mass is 16.3. The first-order valence-electron chi connectivity index (χ1n) is 7.23. The van der Waals surface area contributed by atoms with Gasteiger partial charge in [0.2, 0.25) is 0 Å². The third-order valence-corrected chi connectivity index (χ3v) is 4.65. The van der Waals surface area contributed by atoms with Crippen LogP contribution in [0.2, 0.25) is 0 Å². The van der Waals surface area contributed by atoms with Crippen LogP contribution in [0.5, 0.6) is 0 Å². The van der Waals surface area contributed by atoms with Gasteiger partial charge in [-0.2, -0.15) is 0 Å². The minimum Gasteiger partial charge on any atom is -0.393 e. The zero-order valence-electron chi connectivity index (χ0n) is 10.7. The van der Waals surface area contributed by atoms with Crippen LogP contribution in [0.4, 0.5) is 0 Å². The van der Waals surface area contributed by atoms with Crippen LogP contribution < -0.4 is 0 Å². The van der Waals surface area contributed by atoms with E-state index in [1.165, 1.54) is 58.0 Å². The lowest BCUT2D eigenvalue weighted by molar-refractivity contribution is 0.111. The van der Waals surface area contributed by atoms with Gasteiger partial charge < -0.3 is 10.0 Å². The van der Waals surface area contributed by atoms with Gasteiger partial charge in [-0.15, -0.1) is 0 Å². The van der Waals surface area contributed by atoms with E-state index in [0.29, 0.717) is 5.92 Å². The second kappa shape index (κ2) is 6.02. The molecule has 0 aromatic heterocycles. The third kappa shape index (κ3) is 2.98. The highest BCUT2D eigenvalue weighted by Crippen LogP contribution is 2.30. The molecule has 0 radical (unpaired) electrons. The Morgan fingerprint density at radius 1 is 1.06 bits per heavy atom. The standard InChI is InChI=1S/C14H27NO/c1-2-15(13-7-3-4-8-13)11-10-12-6-5-9-14(12)16/h12-14,16H,2-11H2,1H3. The smallest absolute Gasteiger partial charge is 0.0568 e. The second-order valence-electron chi connectivity index (χ2n) is 5.61. The van der Waals surface area contributed by atoms with Crippen molar-refractivity contribution in [1.82, 2.24) is 4.90 Å². The highest BCUT2D eigenvalue weighted by molar-refractivity contribution is 4.81. The van der Waals surface area contributed by atoms with Gasteiger partial charge in [-0.05, 0) is 51.1 Å². The zero-order chi connectivity index (χ0) is 11.4. The molecular formula is C14H27NO. The van der Waals surface area contributed by atoms with Crippen molar-refractivity contribution >= 4 is 0 Å². The van der Waals surface area contributed by atoms with Crippen molar-refractivity contribution < 1.29 is 5.11 Å². The summed E-state index contributed by atoms with van der Waals surface area (Å²) >= 11 is 0. The lowest BCUT2D eigenvalue weighted by Gasteiger charge is -2.29. The Hall–Kier alpha value is -0.0800. The molecule has 2 atom stereocenters. The lowest BCUT2D eigenvalue weighted by Crippen LogP contribution is -2.35. The van der Waals surface area contributed by atoms with Crippen LogP contribution in [0.3, 0.4) is 0 Å². The Bertz CT molecular complexity index is 201. The van der Waals surface area contributed by atoms with Crippen molar-refractivity contribution in [3.63, 3.8) is 0 Å². The summed E-state index contributed by atoms with van der Waals surface area (Å²) in [5, 5.41) is 9.82. The zero-order valence-corrected chi connectivity index (χ0v) is 10.7. The molecular weight excluding hydrogens is 198 g/mol. The Balaban J connectivity index is 1.73. The molecule has 94 valence electrons. The van der Waals surface area contributed by atoms with E-state index in [2.05, 4.69) is 11.8 Å². The normalized spacial score (nSPS) is 31.7. The maximum absolute atomic E-state index is 9.82. The predicted molar refractivity (Wildman–Crippen MR) is 67.5 cm³/mol. The number of aliphatic hydroxyl groups is 1. The van der Waals surface area contributed by atoms with Crippen LogP contribution in [-0.4, -0.2) is 35.2 Å². The molecule has 0 amide bonds. The molecule has 0 spiro atoms. The monoisotopic (exact) mass is 225 g/mol. The highest BCUT2D eigenvalue weighted by Gasteiger charge is 2.27. The number of hydrogen-bond donors (Lipinski definition) is 1. The largest absolute Gasteiger partial charge is 0.393 e. The summed E-state index contributed by atoms with van der Waals surface area (Å²) in [6, 6.07) is 0.851. The van der Waals surface area contributed by atoms with Gasteiger partial charge in [0.05, 0.1) is 6.10 Å². The molecule has 2 aliphatic rings. The molecule has 0 bridgehead atoms. The van der Waals surface area contributed by atoms with Crippen molar-refractivity contribution in [3.8, 4) is 0 Å². The summed E-state index contributed by atoms with van der Waals surface area (Å²) in [5.41, 5.74) is 0. The number of rotatable bonds is 5. The minimum atomic E-state index is 0.00211. The molecule has 2 rings (SSSR count). The van der Waals surface area contributed by atoms with E-state index in [9.17, 15) is 5.11 Å². The molecule has 2 unspecified atom stereocenters. The molecule has 16 heavy (non-hydrogen) atoms. The number of aliphatic hydroxyl groups excluding tert-OH is 1. The fourth-order valence-electron chi connectivity index (χ4n) is 3.55. The van der Waals surface area contributed by atoms with Crippen LogP contribution in [0, 0.1) is 5.92 Å². The second-order valence-corrected chi connectivity index (χ2v) is 5.61. The van der Waals surface area contributed by atoms with Crippen molar-refractivity contribution in [2.45, 2.75) is 70.4 Å². The van der Waals surface area contributed by atoms with E-state index >= 15 is 0 Å². The third-order valence-electron chi connectivity index (χ3n) is 4.65. The molecule has 2 nitrogen and oxygen atoms in total. The van der Waals surface area contributed by atoms with Gasteiger partial charge in [0.1, 0.15) is 0 Å². The van der Waals surface area contributed by atoms with Gasteiger partial charge in [0.25, 0.3) is 0 Å². The van der Waals surface area contributed by atoms with Crippen molar-refractivity contribution in [3.05, 3.63) is 0 Å². The van der Waals surface area contributed by atoms with Crippen LogP contribution in [0.15, 0.2) is 0 Å². The number of nitrogens with zero attached hydrogens (tertiary/aromatic N) is 1. The van der Waals surface area contributed by atoms with Crippen molar-refractivity contribution in [2.75, 3.05) is 13.1 Å². The summed E-state index contributed by atoms with van der Waals surface area (Å²) in [7, 11) is 0. The van der Waals surface area contributed by atoms with Gasteiger partial charge in [0.15, 0.2) is 0 Å². The molecule has 2 fully saturated rings. The fraction of sp³-hybridized carbons (Fsp3) is 1.00. The molecule has 1 N–H and O–H groups in total. The quantitative estimate of drug-likeness (QED) is 0.777. The Morgan fingerprint density at radius 2 is 1.81 bits per heavy atom. The molecule has 2 aliphatic carbocycles. The van der Waals surface area contributed by atoms with E-state index in [0.717, 1.165) is 12.5 Å². The summed E-state index contributed by atoms with van der Waals surface area (Å²) in [6.45, 7) is 4.68. The average Bonchev–Trinajstić information content (AvgIpc) is 2.92.